The summed E-state index contributed by atoms with van der Waals surface area (Å²) in [6.45, 7) is 0. The van der Waals surface area contributed by atoms with Crippen LogP contribution in [-0.4, -0.2) is 44.0 Å². The average molecular weight is 705 g/mol. The van der Waals surface area contributed by atoms with Crippen molar-refractivity contribution < 1.29 is 30.4 Å². The number of rotatable bonds is 7. The molecular weight excluding hydrogens is 683 g/mol. The maximum absolute atomic E-state index is 14.3. The number of fused-ring (bicyclic) bond motifs is 2. The first kappa shape index (κ1) is 32.9. The first-order valence-corrected chi connectivity index (χ1v) is 16.1. The highest BCUT2D eigenvalue weighted by Gasteiger charge is 2.33. The van der Waals surface area contributed by atoms with Crippen molar-refractivity contribution in [2.24, 2.45) is 12.8 Å². The summed E-state index contributed by atoms with van der Waals surface area (Å²) in [6.07, 6.45) is -3.06. The number of nitrogens with two attached hydrogens (primary N) is 1. The summed E-state index contributed by atoms with van der Waals surface area (Å²) < 4.78 is 97.1. The molecule has 0 amide bonds. The van der Waals surface area contributed by atoms with Gasteiger partial charge in [-0.05, 0) is 54.4 Å². The smallest absolute Gasteiger partial charge is 0.321 e. The number of aromatic nitrogens is 6. The number of halogens is 6. The predicted octanol–water partition coefficient (Wildman–Crippen LogP) is 5.29. The van der Waals surface area contributed by atoms with E-state index in [4.69, 9.17) is 17.3 Å². The van der Waals surface area contributed by atoms with Crippen molar-refractivity contribution >= 4 is 49.2 Å². The Bertz CT molecular complexity index is 2410. The first-order valence-electron chi connectivity index (χ1n) is 13.8. The van der Waals surface area contributed by atoms with E-state index in [0.717, 1.165) is 35.2 Å². The third kappa shape index (κ3) is 6.31. The van der Waals surface area contributed by atoms with Crippen LogP contribution in [0.5, 0.6) is 0 Å². The number of hydrogen-bond acceptors (Lipinski definition) is 8. The number of hydrogen-bond donors (Lipinski definition) is 2. The van der Waals surface area contributed by atoms with Gasteiger partial charge in [0.05, 0.1) is 44.8 Å². The van der Waals surface area contributed by atoms with E-state index in [2.05, 4.69) is 24.8 Å². The molecule has 11 nitrogen and oxygen atoms in total. The lowest BCUT2D eigenvalue weighted by Crippen LogP contribution is -2.30. The molecule has 0 aliphatic rings. The van der Waals surface area contributed by atoms with Crippen molar-refractivity contribution in [1.82, 2.24) is 29.3 Å². The van der Waals surface area contributed by atoms with Crippen LogP contribution in [0.2, 0.25) is 5.02 Å². The van der Waals surface area contributed by atoms with E-state index in [1.54, 1.807) is 0 Å². The SMILES string of the molecule is Cn1nc(NS(C)(=O)=O)c2c(Cl)ccc(-n3c(C(N)Cc4cc(F)cc(F)c4)nc4cc(-c5nccc(C(F)(F)F)n5)ccc4c3=O)c21. The second-order valence-electron chi connectivity index (χ2n) is 10.8. The Morgan fingerprint density at radius 2 is 1.73 bits per heavy atom. The minimum atomic E-state index is -4.73. The summed E-state index contributed by atoms with van der Waals surface area (Å²) in [6, 6.07) is 9.25. The summed E-state index contributed by atoms with van der Waals surface area (Å²) in [5.41, 5.74) is 5.34. The maximum atomic E-state index is 14.3. The van der Waals surface area contributed by atoms with E-state index in [1.807, 2.05) is 0 Å². The van der Waals surface area contributed by atoms with Gasteiger partial charge in [-0.1, -0.05) is 17.7 Å². The molecule has 0 aliphatic carbocycles. The summed E-state index contributed by atoms with van der Waals surface area (Å²) in [5, 5.41) is 4.50. The molecule has 6 aromatic rings. The highest BCUT2D eigenvalue weighted by atomic mass is 35.5. The highest BCUT2D eigenvalue weighted by Crippen LogP contribution is 2.36. The zero-order chi connectivity index (χ0) is 34.7. The minimum absolute atomic E-state index is 0.0122. The van der Waals surface area contributed by atoms with Gasteiger partial charge in [-0.3, -0.25) is 18.8 Å². The fourth-order valence-corrected chi connectivity index (χ4v) is 6.08. The fourth-order valence-electron chi connectivity index (χ4n) is 5.34. The Morgan fingerprint density at radius 1 is 1.02 bits per heavy atom. The van der Waals surface area contributed by atoms with Gasteiger partial charge in [0.1, 0.15) is 23.2 Å². The van der Waals surface area contributed by atoms with E-state index < -0.39 is 45.1 Å². The minimum Gasteiger partial charge on any atom is -0.321 e. The highest BCUT2D eigenvalue weighted by molar-refractivity contribution is 7.92. The summed E-state index contributed by atoms with van der Waals surface area (Å²) >= 11 is 6.48. The lowest BCUT2D eigenvalue weighted by atomic mass is 10.0. The Morgan fingerprint density at radius 3 is 2.40 bits per heavy atom. The van der Waals surface area contributed by atoms with Crippen molar-refractivity contribution in [3.05, 3.63) is 105 Å². The number of nitrogens with zero attached hydrogens (tertiary/aromatic N) is 6. The van der Waals surface area contributed by atoms with Gasteiger partial charge in [0.25, 0.3) is 5.56 Å². The van der Waals surface area contributed by atoms with Crippen molar-refractivity contribution in [2.45, 2.75) is 18.6 Å². The van der Waals surface area contributed by atoms with Crippen LogP contribution < -0.4 is 16.0 Å². The van der Waals surface area contributed by atoms with Crippen LogP contribution in [0.15, 0.2) is 65.6 Å². The van der Waals surface area contributed by atoms with E-state index >= 15 is 0 Å². The van der Waals surface area contributed by atoms with Crippen molar-refractivity contribution in [1.29, 1.82) is 0 Å². The molecule has 3 heterocycles. The molecule has 3 aromatic carbocycles. The number of aryl methyl sites for hydroxylation is 1. The quantitative estimate of drug-likeness (QED) is 0.213. The summed E-state index contributed by atoms with van der Waals surface area (Å²) in [7, 11) is -2.32. The Balaban J connectivity index is 1.61. The Kier molecular flexibility index (Phi) is 8.17. The second-order valence-corrected chi connectivity index (χ2v) is 13.0. The molecule has 248 valence electrons. The van der Waals surface area contributed by atoms with Crippen LogP contribution >= 0.6 is 11.6 Å². The monoisotopic (exact) mass is 704 g/mol. The predicted molar refractivity (Wildman–Crippen MR) is 168 cm³/mol. The van der Waals surface area contributed by atoms with Crippen LogP contribution in [0.3, 0.4) is 0 Å². The molecule has 1 unspecified atom stereocenters. The van der Waals surface area contributed by atoms with Gasteiger partial charge >= 0.3 is 6.18 Å². The standard InChI is InChI=1S/C30H22ClF5N8O3S/c1-43-25-22(6-5-19(31)24(25)27(41-43)42-48(2,46)47)44-28(20(37)11-14-9-16(32)13-17(33)10-14)39-21-12-15(3-4-18(21)29(44)45)26-38-8-7-23(40-26)30(34,35)36/h3-10,12-13,20H,11,37H2,1-2H3,(H,41,42). The van der Waals surface area contributed by atoms with Gasteiger partial charge in [-0.25, -0.2) is 32.2 Å². The number of anilines is 1. The summed E-state index contributed by atoms with van der Waals surface area (Å²) in [5.74, 6) is -2.21. The average Bonchev–Trinajstić information content (AvgIpc) is 3.31. The fraction of sp³-hybridized carbons (Fsp3) is 0.167. The van der Waals surface area contributed by atoms with Gasteiger partial charge < -0.3 is 5.73 Å². The molecule has 3 N–H and O–H groups in total. The van der Waals surface area contributed by atoms with Gasteiger partial charge in [0.15, 0.2) is 11.6 Å². The van der Waals surface area contributed by atoms with Crippen LogP contribution in [0.4, 0.5) is 27.8 Å². The normalized spacial score (nSPS) is 12.9. The van der Waals surface area contributed by atoms with Crippen molar-refractivity contribution in [3.63, 3.8) is 0 Å². The molecule has 0 aliphatic heterocycles. The molecule has 0 spiro atoms. The number of nitrogens with one attached hydrogen (secondary N) is 1. The lowest BCUT2D eigenvalue weighted by molar-refractivity contribution is -0.141. The largest absolute Gasteiger partial charge is 0.433 e. The maximum Gasteiger partial charge on any atom is 0.433 e. The molecule has 0 saturated heterocycles. The Labute approximate surface area is 272 Å². The van der Waals surface area contributed by atoms with Gasteiger partial charge in [-0.2, -0.15) is 18.3 Å². The molecular formula is C30H22ClF5N8O3S. The molecule has 0 radical (unpaired) electrons. The number of sulfonamides is 1. The van der Waals surface area contributed by atoms with E-state index in [0.29, 0.717) is 6.07 Å². The zero-order valence-electron chi connectivity index (χ0n) is 24.7. The third-order valence-corrected chi connectivity index (χ3v) is 8.13. The molecule has 48 heavy (non-hydrogen) atoms. The van der Waals surface area contributed by atoms with Gasteiger partial charge in [0, 0.05) is 24.9 Å². The third-order valence-electron chi connectivity index (χ3n) is 7.25. The van der Waals surface area contributed by atoms with Crippen molar-refractivity contribution in [3.8, 4) is 17.1 Å². The van der Waals surface area contributed by atoms with Gasteiger partial charge in [-0.15, -0.1) is 0 Å². The molecule has 18 heteroatoms. The van der Waals surface area contributed by atoms with E-state index in [1.165, 1.54) is 42.1 Å². The summed E-state index contributed by atoms with van der Waals surface area (Å²) in [4.78, 5) is 26.5. The molecule has 6 rings (SSSR count). The molecule has 3 aromatic heterocycles. The topological polar surface area (TPSA) is 151 Å². The lowest BCUT2D eigenvalue weighted by Gasteiger charge is -2.20. The van der Waals surface area contributed by atoms with Crippen LogP contribution in [0, 0.1) is 11.6 Å². The van der Waals surface area contributed by atoms with Crippen LogP contribution in [-0.2, 0) is 29.7 Å². The zero-order valence-corrected chi connectivity index (χ0v) is 26.3. The van der Waals surface area contributed by atoms with E-state index in [-0.39, 0.29) is 67.5 Å². The van der Waals surface area contributed by atoms with Crippen LogP contribution in [0.25, 0.3) is 38.9 Å². The number of alkyl halides is 3. The molecule has 1 atom stereocenters. The molecule has 0 saturated carbocycles. The number of benzene rings is 3. The molecule has 0 bridgehead atoms. The van der Waals surface area contributed by atoms with Gasteiger partial charge in [0.2, 0.25) is 10.0 Å². The van der Waals surface area contributed by atoms with Crippen LogP contribution in [0.1, 0.15) is 23.1 Å². The Hall–Kier alpha value is -5.00. The second kappa shape index (κ2) is 11.9. The van der Waals surface area contributed by atoms with Crippen molar-refractivity contribution in [2.75, 3.05) is 11.0 Å². The first-order chi connectivity index (χ1) is 22.5. The van der Waals surface area contributed by atoms with E-state index in [9.17, 15) is 35.2 Å². The molecule has 0 fully saturated rings.